The first kappa shape index (κ1) is 15.1. The van der Waals surface area contributed by atoms with Gasteiger partial charge in [-0.1, -0.05) is 26.8 Å². The molecule has 18 heavy (non-hydrogen) atoms. The second kappa shape index (κ2) is 6.31. The standard InChI is InChI=1S/C13H22N2O2S/c1-5-15-18(16,17)13-7-6-11(4)12(8-13)9-14-10(2)3/h6-8,10,14-15H,5,9H2,1-4H3. The third kappa shape index (κ3) is 4.08. The van der Waals surface area contributed by atoms with Gasteiger partial charge in [-0.2, -0.15) is 0 Å². The fourth-order valence-corrected chi connectivity index (χ4v) is 2.68. The summed E-state index contributed by atoms with van der Waals surface area (Å²) >= 11 is 0. The van der Waals surface area contributed by atoms with Crippen molar-refractivity contribution >= 4 is 10.0 Å². The van der Waals surface area contributed by atoms with E-state index in [2.05, 4.69) is 23.9 Å². The summed E-state index contributed by atoms with van der Waals surface area (Å²) in [6, 6.07) is 5.61. The van der Waals surface area contributed by atoms with E-state index in [1.807, 2.05) is 13.0 Å². The first-order valence-electron chi connectivity index (χ1n) is 6.19. The maximum Gasteiger partial charge on any atom is 0.240 e. The maximum absolute atomic E-state index is 11.9. The van der Waals surface area contributed by atoms with Crippen LogP contribution in [0.25, 0.3) is 0 Å². The minimum Gasteiger partial charge on any atom is -0.310 e. The van der Waals surface area contributed by atoms with Crippen molar-refractivity contribution in [2.24, 2.45) is 0 Å². The Morgan fingerprint density at radius 2 is 1.94 bits per heavy atom. The number of nitrogens with one attached hydrogen (secondary N) is 2. The van der Waals surface area contributed by atoms with Crippen LogP contribution in [0.2, 0.25) is 0 Å². The maximum atomic E-state index is 11.9. The summed E-state index contributed by atoms with van der Waals surface area (Å²) < 4.78 is 26.3. The van der Waals surface area contributed by atoms with Crippen molar-refractivity contribution in [3.05, 3.63) is 29.3 Å². The summed E-state index contributed by atoms with van der Waals surface area (Å²) in [5.41, 5.74) is 2.11. The summed E-state index contributed by atoms with van der Waals surface area (Å²) in [5.74, 6) is 0. The minimum atomic E-state index is -3.37. The topological polar surface area (TPSA) is 58.2 Å². The van der Waals surface area contributed by atoms with E-state index in [1.165, 1.54) is 0 Å². The predicted molar refractivity (Wildman–Crippen MR) is 74.0 cm³/mol. The molecule has 0 atom stereocenters. The van der Waals surface area contributed by atoms with Gasteiger partial charge in [0, 0.05) is 19.1 Å². The molecule has 0 amide bonds. The monoisotopic (exact) mass is 270 g/mol. The van der Waals surface area contributed by atoms with Crippen molar-refractivity contribution < 1.29 is 8.42 Å². The van der Waals surface area contributed by atoms with Crippen LogP contribution in [-0.4, -0.2) is 21.0 Å². The van der Waals surface area contributed by atoms with Crippen LogP contribution in [0.5, 0.6) is 0 Å². The molecule has 2 N–H and O–H groups in total. The van der Waals surface area contributed by atoms with Gasteiger partial charge >= 0.3 is 0 Å². The van der Waals surface area contributed by atoms with Gasteiger partial charge in [0.05, 0.1) is 4.90 Å². The van der Waals surface area contributed by atoms with Gasteiger partial charge in [0.2, 0.25) is 10.0 Å². The normalized spacial score (nSPS) is 12.1. The van der Waals surface area contributed by atoms with Gasteiger partial charge < -0.3 is 5.32 Å². The van der Waals surface area contributed by atoms with Crippen molar-refractivity contribution in [2.75, 3.05) is 6.54 Å². The zero-order valence-corrected chi connectivity index (χ0v) is 12.3. The molecule has 0 bridgehead atoms. The van der Waals surface area contributed by atoms with Gasteiger partial charge in [-0.25, -0.2) is 13.1 Å². The number of benzene rings is 1. The van der Waals surface area contributed by atoms with E-state index >= 15 is 0 Å². The zero-order valence-electron chi connectivity index (χ0n) is 11.4. The third-order valence-corrected chi connectivity index (χ3v) is 4.21. The summed E-state index contributed by atoms with van der Waals surface area (Å²) in [4.78, 5) is 0.329. The van der Waals surface area contributed by atoms with E-state index in [0.29, 0.717) is 24.0 Å². The average molecular weight is 270 g/mol. The lowest BCUT2D eigenvalue weighted by Gasteiger charge is -2.12. The first-order valence-corrected chi connectivity index (χ1v) is 7.67. The molecule has 0 unspecified atom stereocenters. The first-order chi connectivity index (χ1) is 8.36. The molecule has 5 heteroatoms. The third-order valence-electron chi connectivity index (χ3n) is 2.67. The van der Waals surface area contributed by atoms with Crippen molar-refractivity contribution in [3.8, 4) is 0 Å². The Morgan fingerprint density at radius 3 is 2.50 bits per heavy atom. The second-order valence-corrected chi connectivity index (χ2v) is 6.39. The molecule has 0 aromatic heterocycles. The van der Waals surface area contributed by atoms with Crippen molar-refractivity contribution in [1.29, 1.82) is 0 Å². The van der Waals surface area contributed by atoms with E-state index in [9.17, 15) is 8.42 Å². The molecular weight excluding hydrogens is 248 g/mol. The van der Waals surface area contributed by atoms with Crippen LogP contribution in [0.4, 0.5) is 0 Å². The van der Waals surface area contributed by atoms with E-state index in [4.69, 9.17) is 0 Å². The second-order valence-electron chi connectivity index (χ2n) is 4.63. The Kier molecular flexibility index (Phi) is 5.31. The summed E-state index contributed by atoms with van der Waals surface area (Å²) in [6.07, 6.45) is 0. The quantitative estimate of drug-likeness (QED) is 0.828. The molecule has 0 radical (unpaired) electrons. The SMILES string of the molecule is CCNS(=O)(=O)c1ccc(C)c(CNC(C)C)c1. The van der Waals surface area contributed by atoms with Crippen LogP contribution < -0.4 is 10.0 Å². The van der Waals surface area contributed by atoms with E-state index in [0.717, 1.165) is 11.1 Å². The highest BCUT2D eigenvalue weighted by Crippen LogP contribution is 2.15. The molecule has 0 aliphatic heterocycles. The summed E-state index contributed by atoms with van der Waals surface area (Å²) in [5, 5.41) is 3.30. The fraction of sp³-hybridized carbons (Fsp3) is 0.538. The van der Waals surface area contributed by atoms with Gasteiger partial charge in [0.25, 0.3) is 0 Å². The molecule has 0 aliphatic carbocycles. The number of hydrogen-bond donors (Lipinski definition) is 2. The number of aryl methyl sites for hydroxylation is 1. The van der Waals surface area contributed by atoms with Gasteiger partial charge in [-0.05, 0) is 30.2 Å². The van der Waals surface area contributed by atoms with Crippen molar-refractivity contribution in [3.63, 3.8) is 0 Å². The fourth-order valence-electron chi connectivity index (χ4n) is 1.59. The molecule has 0 aliphatic rings. The predicted octanol–water partition coefficient (Wildman–Crippen LogP) is 1.79. The lowest BCUT2D eigenvalue weighted by Crippen LogP contribution is -2.24. The van der Waals surface area contributed by atoms with E-state index in [-0.39, 0.29) is 0 Å². The summed E-state index contributed by atoms with van der Waals surface area (Å²) in [7, 11) is -3.37. The van der Waals surface area contributed by atoms with Crippen LogP contribution in [0, 0.1) is 6.92 Å². The molecular formula is C13H22N2O2S. The van der Waals surface area contributed by atoms with Crippen molar-refractivity contribution in [2.45, 2.75) is 45.2 Å². The van der Waals surface area contributed by atoms with Crippen LogP contribution in [0.15, 0.2) is 23.1 Å². The lowest BCUT2D eigenvalue weighted by atomic mass is 10.1. The van der Waals surface area contributed by atoms with Crippen molar-refractivity contribution in [1.82, 2.24) is 10.0 Å². The molecule has 0 saturated heterocycles. The van der Waals surface area contributed by atoms with E-state index < -0.39 is 10.0 Å². The molecule has 0 saturated carbocycles. The highest BCUT2D eigenvalue weighted by molar-refractivity contribution is 7.89. The zero-order chi connectivity index (χ0) is 13.8. The molecule has 0 spiro atoms. The Balaban J connectivity index is 3.00. The number of hydrogen-bond acceptors (Lipinski definition) is 3. The number of rotatable bonds is 6. The van der Waals surface area contributed by atoms with Gasteiger partial charge in [-0.15, -0.1) is 0 Å². The molecule has 4 nitrogen and oxygen atoms in total. The Morgan fingerprint density at radius 1 is 1.28 bits per heavy atom. The molecule has 0 fully saturated rings. The van der Waals surface area contributed by atoms with Crippen LogP contribution in [0.3, 0.4) is 0 Å². The molecule has 0 heterocycles. The molecule has 1 aromatic carbocycles. The number of sulfonamides is 1. The molecule has 102 valence electrons. The highest BCUT2D eigenvalue weighted by Gasteiger charge is 2.13. The van der Waals surface area contributed by atoms with E-state index in [1.54, 1.807) is 19.1 Å². The average Bonchev–Trinajstić information content (AvgIpc) is 2.27. The van der Waals surface area contributed by atoms with Gasteiger partial charge in [0.15, 0.2) is 0 Å². The Hall–Kier alpha value is -0.910. The van der Waals surface area contributed by atoms with Gasteiger partial charge in [-0.3, -0.25) is 0 Å². The Bertz CT molecular complexity index is 496. The molecule has 1 aromatic rings. The minimum absolute atomic E-state index is 0.329. The lowest BCUT2D eigenvalue weighted by molar-refractivity contribution is 0.580. The highest BCUT2D eigenvalue weighted by atomic mass is 32.2. The van der Waals surface area contributed by atoms with Crippen LogP contribution in [0.1, 0.15) is 31.9 Å². The van der Waals surface area contributed by atoms with Crippen LogP contribution >= 0.6 is 0 Å². The van der Waals surface area contributed by atoms with Crippen LogP contribution in [-0.2, 0) is 16.6 Å². The molecule has 1 rings (SSSR count). The largest absolute Gasteiger partial charge is 0.310 e. The van der Waals surface area contributed by atoms with Gasteiger partial charge in [0.1, 0.15) is 0 Å². The summed E-state index contributed by atoms with van der Waals surface area (Å²) in [6.45, 7) is 8.96. The Labute approximate surface area is 110 Å². The smallest absolute Gasteiger partial charge is 0.240 e.